The first-order chi connectivity index (χ1) is 11.8. The number of hydrogen-bond acceptors (Lipinski definition) is 3. The van der Waals surface area contributed by atoms with Gasteiger partial charge in [0, 0.05) is 37.6 Å². The Balaban J connectivity index is 1.71. The summed E-state index contributed by atoms with van der Waals surface area (Å²) in [5.41, 5.74) is 3.36. The van der Waals surface area contributed by atoms with Crippen molar-refractivity contribution in [3.05, 3.63) is 52.8 Å². The third-order valence-electron chi connectivity index (χ3n) is 4.53. The quantitative estimate of drug-likeness (QED) is 0.910. The predicted molar refractivity (Wildman–Crippen MR) is 96.1 cm³/mol. The minimum absolute atomic E-state index is 0.0468. The van der Waals surface area contributed by atoms with Crippen molar-refractivity contribution in [1.29, 1.82) is 0 Å². The topological polar surface area (TPSA) is 73.5 Å². The molecule has 0 saturated carbocycles. The van der Waals surface area contributed by atoms with E-state index in [0.717, 1.165) is 17.0 Å². The average molecular weight is 361 g/mol. The van der Waals surface area contributed by atoms with E-state index in [0.29, 0.717) is 36.6 Å². The molecule has 3 rings (SSSR count). The molecule has 134 valence electrons. The first-order valence-corrected chi connectivity index (χ1v) is 9.75. The number of benzene rings is 1. The smallest absolute Gasteiger partial charge is 0.255 e. The molecule has 25 heavy (non-hydrogen) atoms. The van der Waals surface area contributed by atoms with Gasteiger partial charge in [0.25, 0.3) is 5.91 Å². The fourth-order valence-corrected chi connectivity index (χ4v) is 4.70. The zero-order valence-electron chi connectivity index (χ0n) is 14.7. The van der Waals surface area contributed by atoms with Gasteiger partial charge in [-0.25, -0.2) is 8.42 Å². The molecule has 1 aliphatic heterocycles. The monoisotopic (exact) mass is 361 g/mol. The minimum atomic E-state index is -3.51. The van der Waals surface area contributed by atoms with Crippen LogP contribution < -0.4 is 0 Å². The highest BCUT2D eigenvalue weighted by atomic mass is 32.2. The van der Waals surface area contributed by atoms with Crippen molar-refractivity contribution in [3.8, 4) is 0 Å². The van der Waals surface area contributed by atoms with Gasteiger partial charge in [-0.05, 0) is 44.5 Å². The lowest BCUT2D eigenvalue weighted by Crippen LogP contribution is -2.50. The highest BCUT2D eigenvalue weighted by Gasteiger charge is 2.31. The molecule has 1 amide bonds. The van der Waals surface area contributed by atoms with Crippen LogP contribution >= 0.6 is 0 Å². The van der Waals surface area contributed by atoms with E-state index in [9.17, 15) is 13.2 Å². The molecule has 1 aliphatic rings. The SMILES string of the molecule is Cc1cccc(S(=O)(=O)N2CCN(C(=O)c3cc(C)[nH]c3C)CC2)c1. The number of aromatic nitrogens is 1. The van der Waals surface area contributed by atoms with Crippen LogP contribution in [0.1, 0.15) is 27.3 Å². The van der Waals surface area contributed by atoms with Crippen LogP contribution in [-0.2, 0) is 10.0 Å². The summed E-state index contributed by atoms with van der Waals surface area (Å²) in [6, 6.07) is 8.76. The van der Waals surface area contributed by atoms with E-state index in [1.165, 1.54) is 4.31 Å². The number of H-pyrrole nitrogens is 1. The molecule has 0 radical (unpaired) electrons. The summed E-state index contributed by atoms with van der Waals surface area (Å²) in [6.45, 7) is 7.07. The van der Waals surface area contributed by atoms with Crippen LogP contribution in [-0.4, -0.2) is 54.7 Å². The summed E-state index contributed by atoms with van der Waals surface area (Å²) in [7, 11) is -3.51. The number of aryl methyl sites for hydroxylation is 3. The zero-order valence-corrected chi connectivity index (χ0v) is 15.6. The second-order valence-corrected chi connectivity index (χ2v) is 8.44. The highest BCUT2D eigenvalue weighted by molar-refractivity contribution is 7.89. The number of nitrogens with one attached hydrogen (secondary N) is 1. The Morgan fingerprint density at radius 3 is 2.28 bits per heavy atom. The summed E-state index contributed by atoms with van der Waals surface area (Å²) in [6.07, 6.45) is 0. The Kier molecular flexibility index (Phi) is 4.71. The minimum Gasteiger partial charge on any atom is -0.362 e. The molecule has 0 atom stereocenters. The van der Waals surface area contributed by atoms with Crippen LogP contribution in [0, 0.1) is 20.8 Å². The zero-order chi connectivity index (χ0) is 18.2. The lowest BCUT2D eigenvalue weighted by Gasteiger charge is -2.34. The van der Waals surface area contributed by atoms with E-state index >= 15 is 0 Å². The molecule has 1 saturated heterocycles. The van der Waals surface area contributed by atoms with Gasteiger partial charge in [0.2, 0.25) is 10.0 Å². The molecule has 2 aromatic rings. The normalized spacial score (nSPS) is 16.2. The first-order valence-electron chi connectivity index (χ1n) is 8.31. The van der Waals surface area contributed by atoms with Gasteiger partial charge in [0.05, 0.1) is 10.5 Å². The number of hydrogen-bond donors (Lipinski definition) is 1. The van der Waals surface area contributed by atoms with E-state index in [-0.39, 0.29) is 5.91 Å². The van der Waals surface area contributed by atoms with Gasteiger partial charge in [-0.15, -0.1) is 0 Å². The van der Waals surface area contributed by atoms with Crippen molar-refractivity contribution in [2.75, 3.05) is 26.2 Å². The maximum Gasteiger partial charge on any atom is 0.255 e. The molecule has 1 fully saturated rings. The van der Waals surface area contributed by atoms with Crippen LogP contribution in [0.15, 0.2) is 35.2 Å². The van der Waals surface area contributed by atoms with Gasteiger partial charge in [0.1, 0.15) is 0 Å². The van der Waals surface area contributed by atoms with Crippen molar-refractivity contribution in [2.45, 2.75) is 25.7 Å². The Morgan fingerprint density at radius 1 is 1.04 bits per heavy atom. The first kappa shape index (κ1) is 17.7. The number of amides is 1. The van der Waals surface area contributed by atoms with Crippen LogP contribution in [0.25, 0.3) is 0 Å². The third-order valence-corrected chi connectivity index (χ3v) is 6.43. The highest BCUT2D eigenvalue weighted by Crippen LogP contribution is 2.20. The molecule has 0 bridgehead atoms. The van der Waals surface area contributed by atoms with Gasteiger partial charge >= 0.3 is 0 Å². The van der Waals surface area contributed by atoms with Crippen LogP contribution in [0.2, 0.25) is 0 Å². The fourth-order valence-electron chi connectivity index (χ4n) is 3.17. The number of rotatable bonds is 3. The van der Waals surface area contributed by atoms with Crippen molar-refractivity contribution < 1.29 is 13.2 Å². The Bertz CT molecular complexity index is 894. The Hall–Kier alpha value is -2.12. The summed E-state index contributed by atoms with van der Waals surface area (Å²) in [5, 5.41) is 0. The van der Waals surface area contributed by atoms with E-state index in [2.05, 4.69) is 4.98 Å². The molecule has 0 aliphatic carbocycles. The number of aromatic amines is 1. The van der Waals surface area contributed by atoms with E-state index in [1.807, 2.05) is 32.9 Å². The summed E-state index contributed by atoms with van der Waals surface area (Å²) in [5.74, 6) is -0.0468. The van der Waals surface area contributed by atoms with Crippen LogP contribution in [0.3, 0.4) is 0 Å². The Morgan fingerprint density at radius 2 is 1.72 bits per heavy atom. The second kappa shape index (κ2) is 6.65. The molecule has 1 aromatic carbocycles. The maximum absolute atomic E-state index is 12.8. The van der Waals surface area contributed by atoms with E-state index < -0.39 is 10.0 Å². The van der Waals surface area contributed by atoms with Gasteiger partial charge in [-0.2, -0.15) is 4.31 Å². The second-order valence-electron chi connectivity index (χ2n) is 6.50. The van der Waals surface area contributed by atoms with Crippen molar-refractivity contribution >= 4 is 15.9 Å². The third kappa shape index (κ3) is 3.48. The van der Waals surface area contributed by atoms with Gasteiger partial charge in [-0.1, -0.05) is 12.1 Å². The van der Waals surface area contributed by atoms with Crippen molar-refractivity contribution in [3.63, 3.8) is 0 Å². The molecule has 0 spiro atoms. The summed E-state index contributed by atoms with van der Waals surface area (Å²) in [4.78, 5) is 17.8. The van der Waals surface area contributed by atoms with Crippen LogP contribution in [0.5, 0.6) is 0 Å². The fraction of sp³-hybridized carbons (Fsp3) is 0.389. The maximum atomic E-state index is 12.8. The molecular weight excluding hydrogens is 338 g/mol. The van der Waals surface area contributed by atoms with Crippen molar-refractivity contribution in [2.24, 2.45) is 0 Å². The predicted octanol–water partition coefficient (Wildman–Crippen LogP) is 2.09. The number of nitrogens with zero attached hydrogens (tertiary/aromatic N) is 2. The molecule has 6 nitrogen and oxygen atoms in total. The standard InChI is InChI=1S/C18H23N3O3S/c1-13-5-4-6-16(11-13)25(23,24)21-9-7-20(8-10-21)18(22)17-12-14(2)19-15(17)3/h4-6,11-12,19H,7-10H2,1-3H3. The summed E-state index contributed by atoms with van der Waals surface area (Å²) >= 11 is 0. The number of sulfonamides is 1. The van der Waals surface area contributed by atoms with Gasteiger partial charge < -0.3 is 9.88 Å². The lowest BCUT2D eigenvalue weighted by molar-refractivity contribution is 0.0697. The largest absolute Gasteiger partial charge is 0.362 e. The molecule has 1 aromatic heterocycles. The number of piperazine rings is 1. The lowest BCUT2D eigenvalue weighted by atomic mass is 10.2. The number of carbonyl (C=O) groups excluding carboxylic acids is 1. The molecule has 1 N–H and O–H groups in total. The molecule has 0 unspecified atom stereocenters. The van der Waals surface area contributed by atoms with Gasteiger partial charge in [0.15, 0.2) is 0 Å². The molecular formula is C18H23N3O3S. The van der Waals surface area contributed by atoms with E-state index in [4.69, 9.17) is 0 Å². The van der Waals surface area contributed by atoms with Crippen LogP contribution in [0.4, 0.5) is 0 Å². The average Bonchev–Trinajstić information content (AvgIpc) is 2.92. The summed E-state index contributed by atoms with van der Waals surface area (Å²) < 4.78 is 27.0. The Labute approximate surface area is 148 Å². The molecule has 2 heterocycles. The van der Waals surface area contributed by atoms with Crippen molar-refractivity contribution in [1.82, 2.24) is 14.2 Å². The van der Waals surface area contributed by atoms with Gasteiger partial charge in [-0.3, -0.25) is 4.79 Å². The number of carbonyl (C=O) groups is 1. The molecule has 7 heteroatoms. The van der Waals surface area contributed by atoms with E-state index in [1.54, 1.807) is 23.1 Å².